The van der Waals surface area contributed by atoms with Gasteiger partial charge in [0.1, 0.15) is 0 Å². The smallest absolute Gasteiger partial charge is 0.264 e. The Labute approximate surface area is 161 Å². The zero-order valence-corrected chi connectivity index (χ0v) is 16.1. The molecule has 1 aliphatic heterocycles. The third-order valence-electron chi connectivity index (χ3n) is 4.76. The molecule has 0 bridgehead atoms. The third-order valence-corrected chi connectivity index (χ3v) is 5.61. The molecule has 8 heteroatoms. The molecule has 27 heavy (non-hydrogen) atoms. The molecule has 2 amide bonds. The monoisotopic (exact) mass is 383 g/mol. The summed E-state index contributed by atoms with van der Waals surface area (Å²) in [5.74, 6) is -0.00814. The molecule has 1 fully saturated rings. The molecule has 0 radical (unpaired) electrons. The van der Waals surface area contributed by atoms with E-state index in [1.54, 1.807) is 17.3 Å². The first kappa shape index (κ1) is 17.7. The predicted octanol–water partition coefficient (Wildman–Crippen LogP) is 2.67. The van der Waals surface area contributed by atoms with Crippen molar-refractivity contribution in [3.05, 3.63) is 46.4 Å². The van der Waals surface area contributed by atoms with Crippen molar-refractivity contribution >= 4 is 34.2 Å². The quantitative estimate of drug-likeness (QED) is 0.697. The Balaban J connectivity index is 1.45. The molecule has 0 aliphatic carbocycles. The Kier molecular flexibility index (Phi) is 4.65. The summed E-state index contributed by atoms with van der Waals surface area (Å²) in [6.45, 7) is 6.24. The van der Waals surface area contributed by atoms with Crippen LogP contribution in [0, 0.1) is 0 Å². The molecule has 0 aromatic carbocycles. The number of amides is 2. The zero-order valence-electron chi connectivity index (χ0n) is 15.3. The minimum atomic E-state index is -0.0510. The van der Waals surface area contributed by atoms with Crippen LogP contribution in [-0.2, 0) is 0 Å². The number of hydrogen-bond donors (Lipinski definition) is 0. The van der Waals surface area contributed by atoms with Gasteiger partial charge in [0.05, 0.1) is 16.6 Å². The lowest BCUT2D eigenvalue weighted by molar-refractivity contribution is 0.0538. The van der Waals surface area contributed by atoms with Crippen LogP contribution in [0.3, 0.4) is 0 Å². The van der Waals surface area contributed by atoms with Crippen molar-refractivity contribution in [3.63, 3.8) is 0 Å². The topological polar surface area (TPSA) is 71.3 Å². The lowest BCUT2D eigenvalue weighted by Gasteiger charge is -2.34. The fraction of sp³-hybridized carbons (Fsp3) is 0.368. The molecule has 0 unspecified atom stereocenters. The van der Waals surface area contributed by atoms with E-state index in [-0.39, 0.29) is 17.9 Å². The van der Waals surface area contributed by atoms with Crippen molar-refractivity contribution in [1.82, 2.24) is 24.6 Å². The van der Waals surface area contributed by atoms with Gasteiger partial charge in [-0.1, -0.05) is 6.07 Å². The number of nitrogens with zero attached hydrogens (tertiary/aromatic N) is 5. The van der Waals surface area contributed by atoms with Crippen LogP contribution in [0.15, 0.2) is 36.0 Å². The first-order valence-electron chi connectivity index (χ1n) is 9.00. The van der Waals surface area contributed by atoms with E-state index in [9.17, 15) is 9.59 Å². The number of carbonyl (C=O) groups excluding carboxylic acids is 2. The van der Waals surface area contributed by atoms with Gasteiger partial charge >= 0.3 is 0 Å². The summed E-state index contributed by atoms with van der Waals surface area (Å²) >= 11 is 1.45. The van der Waals surface area contributed by atoms with Crippen molar-refractivity contribution in [3.8, 4) is 0 Å². The maximum atomic E-state index is 12.8. The number of fused-ring (bicyclic) bond motifs is 1. The Bertz CT molecular complexity index is 971. The molecule has 3 aromatic rings. The predicted molar refractivity (Wildman–Crippen MR) is 104 cm³/mol. The second kappa shape index (κ2) is 7.11. The van der Waals surface area contributed by atoms with Gasteiger partial charge in [-0.05, 0) is 31.4 Å². The second-order valence-electron chi connectivity index (χ2n) is 6.88. The normalized spacial score (nSPS) is 14.9. The van der Waals surface area contributed by atoms with Gasteiger partial charge in [-0.25, -0.2) is 9.67 Å². The molecule has 1 aliphatic rings. The van der Waals surface area contributed by atoms with Gasteiger partial charge in [0, 0.05) is 43.8 Å². The molecule has 0 saturated carbocycles. The van der Waals surface area contributed by atoms with Crippen molar-refractivity contribution < 1.29 is 9.59 Å². The van der Waals surface area contributed by atoms with E-state index in [2.05, 4.69) is 10.1 Å². The van der Waals surface area contributed by atoms with E-state index >= 15 is 0 Å². The van der Waals surface area contributed by atoms with Gasteiger partial charge < -0.3 is 9.80 Å². The van der Waals surface area contributed by atoms with Crippen molar-refractivity contribution in [2.75, 3.05) is 26.2 Å². The molecule has 0 N–H and O–H groups in total. The molecule has 0 atom stereocenters. The van der Waals surface area contributed by atoms with Gasteiger partial charge in [0.2, 0.25) is 0 Å². The molecule has 3 aromatic heterocycles. The number of pyridine rings is 1. The van der Waals surface area contributed by atoms with Gasteiger partial charge in [0.25, 0.3) is 11.8 Å². The fourth-order valence-corrected chi connectivity index (χ4v) is 3.98. The van der Waals surface area contributed by atoms with E-state index in [1.165, 1.54) is 11.3 Å². The standard InChI is InChI=1S/C19H21N5O2S/c1-13(2)24-17-14(12-21-24)10-15(11-20-17)18(25)22-5-7-23(8-6-22)19(26)16-4-3-9-27-16/h3-4,9-13H,5-8H2,1-2H3. The Hall–Kier alpha value is -2.74. The first-order chi connectivity index (χ1) is 13.0. The maximum absolute atomic E-state index is 12.8. The highest BCUT2D eigenvalue weighted by Gasteiger charge is 2.26. The van der Waals surface area contributed by atoms with E-state index in [0.717, 1.165) is 15.9 Å². The summed E-state index contributed by atoms with van der Waals surface area (Å²) < 4.78 is 1.85. The Morgan fingerprint density at radius 2 is 1.78 bits per heavy atom. The van der Waals surface area contributed by atoms with Crippen molar-refractivity contribution in [1.29, 1.82) is 0 Å². The van der Waals surface area contributed by atoms with Gasteiger partial charge in [-0.2, -0.15) is 5.10 Å². The second-order valence-corrected chi connectivity index (χ2v) is 7.83. The number of carbonyl (C=O) groups is 2. The highest BCUT2D eigenvalue weighted by atomic mass is 32.1. The fourth-order valence-electron chi connectivity index (χ4n) is 3.29. The minimum absolute atomic E-state index is 0.0429. The van der Waals surface area contributed by atoms with Crippen LogP contribution in [0.5, 0.6) is 0 Å². The Morgan fingerprint density at radius 3 is 2.41 bits per heavy atom. The van der Waals surface area contributed by atoms with E-state index in [4.69, 9.17) is 0 Å². The van der Waals surface area contributed by atoms with Crippen LogP contribution in [0.25, 0.3) is 11.0 Å². The SMILES string of the molecule is CC(C)n1ncc2cc(C(=O)N3CCN(C(=O)c4cccs4)CC3)cnc21. The van der Waals surface area contributed by atoms with Gasteiger partial charge in [0.15, 0.2) is 5.65 Å². The molecule has 1 saturated heterocycles. The molecule has 140 valence electrons. The lowest BCUT2D eigenvalue weighted by Crippen LogP contribution is -2.50. The summed E-state index contributed by atoms with van der Waals surface area (Å²) in [6.07, 6.45) is 3.37. The molecule has 0 spiro atoms. The number of aromatic nitrogens is 3. The van der Waals surface area contributed by atoms with Gasteiger partial charge in [-0.3, -0.25) is 9.59 Å². The van der Waals surface area contributed by atoms with Crippen molar-refractivity contribution in [2.45, 2.75) is 19.9 Å². The molecule has 7 nitrogen and oxygen atoms in total. The highest BCUT2D eigenvalue weighted by molar-refractivity contribution is 7.12. The summed E-state index contributed by atoms with van der Waals surface area (Å²) in [4.78, 5) is 34.1. The zero-order chi connectivity index (χ0) is 19.0. The van der Waals surface area contributed by atoms with Crippen LogP contribution in [-0.4, -0.2) is 62.6 Å². The van der Waals surface area contributed by atoms with Crippen LogP contribution in [0.2, 0.25) is 0 Å². The lowest BCUT2D eigenvalue weighted by atomic mass is 10.2. The van der Waals surface area contributed by atoms with Crippen LogP contribution in [0.4, 0.5) is 0 Å². The van der Waals surface area contributed by atoms with E-state index in [1.807, 2.05) is 47.0 Å². The van der Waals surface area contributed by atoms with Crippen molar-refractivity contribution in [2.24, 2.45) is 0 Å². The average molecular weight is 383 g/mol. The average Bonchev–Trinajstić information content (AvgIpc) is 3.36. The number of rotatable bonds is 3. The number of piperazine rings is 1. The van der Waals surface area contributed by atoms with Gasteiger partial charge in [-0.15, -0.1) is 11.3 Å². The number of thiophene rings is 1. The van der Waals surface area contributed by atoms with E-state index < -0.39 is 0 Å². The summed E-state index contributed by atoms with van der Waals surface area (Å²) in [7, 11) is 0. The first-order valence-corrected chi connectivity index (χ1v) is 9.88. The third kappa shape index (κ3) is 3.32. The molecule has 4 rings (SSSR count). The summed E-state index contributed by atoms with van der Waals surface area (Å²) in [5, 5.41) is 7.11. The molecular formula is C19H21N5O2S. The molecular weight excluding hydrogens is 362 g/mol. The minimum Gasteiger partial charge on any atom is -0.335 e. The van der Waals surface area contributed by atoms with Crippen LogP contribution in [0.1, 0.15) is 39.9 Å². The van der Waals surface area contributed by atoms with Crippen LogP contribution >= 0.6 is 11.3 Å². The maximum Gasteiger partial charge on any atom is 0.264 e. The van der Waals surface area contributed by atoms with Crippen LogP contribution < -0.4 is 0 Å². The largest absolute Gasteiger partial charge is 0.335 e. The number of hydrogen-bond acceptors (Lipinski definition) is 5. The van der Waals surface area contributed by atoms with E-state index in [0.29, 0.717) is 31.7 Å². The molecule has 4 heterocycles. The Morgan fingerprint density at radius 1 is 1.07 bits per heavy atom. The summed E-state index contributed by atoms with van der Waals surface area (Å²) in [6, 6.07) is 5.77. The summed E-state index contributed by atoms with van der Waals surface area (Å²) in [5.41, 5.74) is 1.34. The highest BCUT2D eigenvalue weighted by Crippen LogP contribution is 2.19.